The molecule has 0 spiro atoms. The van der Waals surface area contributed by atoms with Crippen LogP contribution in [0.5, 0.6) is 0 Å². The van der Waals surface area contributed by atoms with E-state index >= 15 is 0 Å². The zero-order valence-electron chi connectivity index (χ0n) is 17.0. The molecule has 0 aliphatic carbocycles. The second-order valence-electron chi connectivity index (χ2n) is 8.29. The van der Waals surface area contributed by atoms with Gasteiger partial charge in [0.1, 0.15) is 0 Å². The zero-order valence-corrected chi connectivity index (χ0v) is 17.7. The molecule has 0 aliphatic heterocycles. The molecule has 0 unspecified atom stereocenters. The van der Waals surface area contributed by atoms with E-state index in [1.54, 1.807) is 7.05 Å². The van der Waals surface area contributed by atoms with Gasteiger partial charge in [0.25, 0.3) is 0 Å². The number of carbonyl (C=O) groups is 1. The first-order valence-electron chi connectivity index (χ1n) is 9.41. The van der Waals surface area contributed by atoms with Crippen molar-refractivity contribution in [3.05, 3.63) is 65.0 Å². The molecule has 0 aliphatic rings. The van der Waals surface area contributed by atoms with Gasteiger partial charge in [-0.1, -0.05) is 0 Å². The minimum atomic E-state index is -0.314. The Hall–Kier alpha value is -2.40. The van der Waals surface area contributed by atoms with E-state index in [9.17, 15) is 4.79 Å². The first-order chi connectivity index (χ1) is 13.1. The van der Waals surface area contributed by atoms with Gasteiger partial charge in [-0.15, -0.1) is 0 Å². The first-order valence-corrected chi connectivity index (χ1v) is 9.79. The number of hydrogen-bond donors (Lipinski definition) is 1. The number of hydrogen-bond acceptors (Lipinski definition) is 2. The van der Waals surface area contributed by atoms with Crippen molar-refractivity contribution in [2.75, 3.05) is 0 Å². The van der Waals surface area contributed by atoms with Crippen LogP contribution in [0.25, 0.3) is 16.8 Å². The van der Waals surface area contributed by atoms with Gasteiger partial charge in [0.05, 0.1) is 0 Å². The van der Waals surface area contributed by atoms with Gasteiger partial charge in [0, 0.05) is 0 Å². The molecule has 3 rings (SSSR count). The van der Waals surface area contributed by atoms with Crippen LogP contribution < -0.4 is 5.32 Å². The number of amides is 1. The molecule has 2 aromatic carbocycles. The molecule has 4 nitrogen and oxygen atoms in total. The number of aromatic nitrogens is 2. The maximum absolute atomic E-state index is 12.9. The molecule has 1 N–H and O–H groups in total. The van der Waals surface area contributed by atoms with Gasteiger partial charge in [-0.05, 0) is 0 Å². The second-order valence-corrected chi connectivity index (χ2v) is 8.73. The summed E-state index contributed by atoms with van der Waals surface area (Å²) in [5.74, 6) is 1.12. The summed E-state index contributed by atoms with van der Waals surface area (Å²) in [6, 6.07) is 13.5. The van der Waals surface area contributed by atoms with Crippen LogP contribution in [0.1, 0.15) is 56.7 Å². The van der Waals surface area contributed by atoms with Crippen LogP contribution >= 0.6 is 11.6 Å². The third-order valence-corrected chi connectivity index (χ3v) is 4.56. The van der Waals surface area contributed by atoms with Gasteiger partial charge in [0.15, 0.2) is 0 Å². The molecule has 144 valence electrons. The quantitative estimate of drug-likeness (QED) is 0.663. The molecule has 1 aromatic heterocycles. The maximum atomic E-state index is 12.9. The van der Waals surface area contributed by atoms with E-state index in [4.69, 9.17) is 11.6 Å². The van der Waals surface area contributed by atoms with Crippen molar-refractivity contribution in [1.29, 1.82) is 0 Å². The molecule has 0 saturated carbocycles. The normalized spacial score (nSPS) is 11.5. The molecule has 0 fully saturated rings. The Balaban J connectivity index is 2.15. The van der Waals surface area contributed by atoms with E-state index < -0.39 is 0 Å². The third kappa shape index (κ3) is 4.71. The van der Waals surface area contributed by atoms with Crippen molar-refractivity contribution in [3.8, 4) is 16.8 Å². The van der Waals surface area contributed by atoms with Crippen LogP contribution in [0, 0.1) is 0 Å². The summed E-state index contributed by atoms with van der Waals surface area (Å²) in [4.78, 5) is 17.4. The molecule has 1 heterocycles. The molecule has 0 bridgehead atoms. The van der Waals surface area contributed by atoms with Crippen molar-refractivity contribution in [2.45, 2.75) is 46.1 Å². The molecule has 28 heavy (non-hydrogen) atoms. The SMILES string of the molecule is CC(C)c1nbcn1-c1cc(C(=O)NC(C)(C)C)cc(-c2ccc(Cl)cc2)c1. The van der Waals surface area contributed by atoms with Crippen LogP contribution in [0.2, 0.25) is 5.02 Å². The van der Waals surface area contributed by atoms with Crippen LogP contribution in [0.15, 0.2) is 48.6 Å². The van der Waals surface area contributed by atoms with E-state index in [-0.39, 0.29) is 17.4 Å². The minimum absolute atomic E-state index is 0.101. The number of carbonyl (C=O) groups excluding carboxylic acids is 1. The van der Waals surface area contributed by atoms with E-state index in [2.05, 4.69) is 30.1 Å². The number of nitrogens with one attached hydrogen (secondary N) is 1. The monoisotopic (exact) mass is 393 g/mol. The van der Waals surface area contributed by atoms with Crippen molar-refractivity contribution in [3.63, 3.8) is 0 Å². The van der Waals surface area contributed by atoms with Crippen molar-refractivity contribution in [2.24, 2.45) is 0 Å². The summed E-state index contributed by atoms with van der Waals surface area (Å²) in [5, 5.41) is 3.73. The standard InChI is InChI=1S/C22H25BClN3O/c1-14(2)20-26-23-13-27(20)19-11-16(15-6-8-18(24)9-7-15)10-17(12-19)21(28)25-22(3,4)5/h6-14H,1-5H3,(H,25,28). The summed E-state index contributed by atoms with van der Waals surface area (Å²) in [6.45, 7) is 10.1. The van der Waals surface area contributed by atoms with E-state index in [0.717, 1.165) is 22.6 Å². The Kier molecular flexibility index (Phi) is 5.75. The number of benzene rings is 2. The predicted octanol–water partition coefficient (Wildman–Crippen LogP) is 5.18. The van der Waals surface area contributed by atoms with Gasteiger partial charge >= 0.3 is 172 Å². The Morgan fingerprint density at radius 2 is 1.79 bits per heavy atom. The molecular formula is C22H25BClN3O. The van der Waals surface area contributed by atoms with Gasteiger partial charge in [0.2, 0.25) is 0 Å². The van der Waals surface area contributed by atoms with Crippen LogP contribution in [-0.2, 0) is 0 Å². The summed E-state index contributed by atoms with van der Waals surface area (Å²) >= 11 is 6.05. The van der Waals surface area contributed by atoms with Gasteiger partial charge in [-0.25, -0.2) is 0 Å². The fourth-order valence-corrected chi connectivity index (χ4v) is 3.19. The van der Waals surface area contributed by atoms with Crippen molar-refractivity contribution < 1.29 is 4.79 Å². The molecular weight excluding hydrogens is 369 g/mol. The van der Waals surface area contributed by atoms with Gasteiger partial charge in [-0.2, -0.15) is 0 Å². The zero-order chi connectivity index (χ0) is 20.5. The number of halogens is 1. The van der Waals surface area contributed by atoms with Crippen LogP contribution in [0.4, 0.5) is 0 Å². The van der Waals surface area contributed by atoms with E-state index in [1.807, 2.05) is 67.8 Å². The molecule has 6 heteroatoms. The molecule has 0 atom stereocenters. The predicted molar refractivity (Wildman–Crippen MR) is 117 cm³/mol. The Bertz CT molecular complexity index is 988. The summed E-state index contributed by atoms with van der Waals surface area (Å²) < 4.78 is 2.04. The summed E-state index contributed by atoms with van der Waals surface area (Å²) in [6.07, 6.45) is 1.93. The van der Waals surface area contributed by atoms with Gasteiger partial charge < -0.3 is 0 Å². The molecule has 1 amide bonds. The van der Waals surface area contributed by atoms with Crippen molar-refractivity contribution >= 4 is 24.6 Å². The average molecular weight is 394 g/mol. The summed E-state index contributed by atoms with van der Waals surface area (Å²) in [5.41, 5.74) is 3.17. The van der Waals surface area contributed by atoms with Crippen LogP contribution in [0.3, 0.4) is 0 Å². The fraction of sp³-hybridized carbons (Fsp3) is 0.318. The Morgan fingerprint density at radius 3 is 2.39 bits per heavy atom. The number of nitrogens with zero attached hydrogens (tertiary/aromatic N) is 2. The third-order valence-electron chi connectivity index (χ3n) is 4.31. The van der Waals surface area contributed by atoms with Crippen LogP contribution in [-0.4, -0.2) is 28.0 Å². The first kappa shape index (κ1) is 20.3. The topological polar surface area (TPSA) is 46.9 Å². The number of rotatable bonds is 4. The van der Waals surface area contributed by atoms with Crippen molar-refractivity contribution in [1.82, 2.24) is 14.8 Å². The molecule has 3 aromatic rings. The van der Waals surface area contributed by atoms with E-state index in [1.165, 1.54) is 0 Å². The average Bonchev–Trinajstić information content (AvgIpc) is 3.10. The van der Waals surface area contributed by atoms with Gasteiger partial charge in [-0.3, -0.25) is 0 Å². The Morgan fingerprint density at radius 1 is 1.11 bits per heavy atom. The second kappa shape index (κ2) is 7.92. The summed E-state index contributed by atoms with van der Waals surface area (Å²) in [7, 11) is 1.79. The fourth-order valence-electron chi connectivity index (χ4n) is 3.06. The van der Waals surface area contributed by atoms with E-state index in [0.29, 0.717) is 10.6 Å². The molecule has 0 saturated heterocycles. The molecule has 0 radical (unpaired) electrons. The Labute approximate surface area is 172 Å².